The Balaban J connectivity index is 1.87. The van der Waals surface area contributed by atoms with Gasteiger partial charge in [-0.3, -0.25) is 9.48 Å². The number of aromatic amines is 1. The number of fused-ring (bicyclic) bond motifs is 1. The molecule has 0 bridgehead atoms. The zero-order valence-corrected chi connectivity index (χ0v) is 9.84. The van der Waals surface area contributed by atoms with Gasteiger partial charge in [0.1, 0.15) is 0 Å². The molecule has 90 valence electrons. The van der Waals surface area contributed by atoms with Gasteiger partial charge in [-0.05, 0) is 24.3 Å². The smallest absolute Gasteiger partial charge is 0.255 e. The molecule has 1 aromatic carbocycles. The van der Waals surface area contributed by atoms with Crippen LogP contribution in [-0.4, -0.2) is 20.7 Å². The number of hydrogen-bond donors (Lipinski definition) is 2. The molecule has 0 atom stereocenters. The van der Waals surface area contributed by atoms with Crippen molar-refractivity contribution in [2.24, 2.45) is 7.05 Å². The first-order chi connectivity index (χ1) is 8.72. The van der Waals surface area contributed by atoms with Crippen molar-refractivity contribution < 1.29 is 4.79 Å². The molecular weight excluding hydrogens is 228 g/mol. The number of rotatable bonds is 2. The molecule has 0 fully saturated rings. The Morgan fingerprint density at radius 2 is 2.28 bits per heavy atom. The number of amides is 1. The maximum Gasteiger partial charge on any atom is 0.255 e. The summed E-state index contributed by atoms with van der Waals surface area (Å²) in [5.41, 5.74) is 2.34. The van der Waals surface area contributed by atoms with Crippen LogP contribution in [0.3, 0.4) is 0 Å². The molecule has 1 amide bonds. The van der Waals surface area contributed by atoms with E-state index in [2.05, 4.69) is 15.4 Å². The molecule has 18 heavy (non-hydrogen) atoms. The van der Waals surface area contributed by atoms with Crippen molar-refractivity contribution in [2.75, 3.05) is 5.32 Å². The lowest BCUT2D eigenvalue weighted by Gasteiger charge is -2.02. The summed E-state index contributed by atoms with van der Waals surface area (Å²) >= 11 is 0. The number of hydrogen-bond acceptors (Lipinski definition) is 2. The SMILES string of the molecule is Cn1cc(NC(=O)c2ccc3[nH]ccc3c2)cn1. The van der Waals surface area contributed by atoms with Crippen molar-refractivity contribution >= 4 is 22.5 Å². The Kier molecular flexibility index (Phi) is 2.37. The zero-order valence-electron chi connectivity index (χ0n) is 9.84. The van der Waals surface area contributed by atoms with Gasteiger partial charge in [0.15, 0.2) is 0 Å². The topological polar surface area (TPSA) is 62.7 Å². The van der Waals surface area contributed by atoms with Crippen molar-refractivity contribution in [2.45, 2.75) is 0 Å². The molecule has 3 rings (SSSR count). The Hall–Kier alpha value is -2.56. The van der Waals surface area contributed by atoms with Crippen LogP contribution in [-0.2, 0) is 7.05 Å². The van der Waals surface area contributed by atoms with E-state index in [4.69, 9.17) is 0 Å². The van der Waals surface area contributed by atoms with Gasteiger partial charge >= 0.3 is 0 Å². The van der Waals surface area contributed by atoms with E-state index >= 15 is 0 Å². The minimum atomic E-state index is -0.133. The first kappa shape index (κ1) is 10.6. The van der Waals surface area contributed by atoms with Gasteiger partial charge in [0.25, 0.3) is 5.91 Å². The summed E-state index contributed by atoms with van der Waals surface area (Å²) < 4.78 is 1.64. The second-order valence-corrected chi connectivity index (χ2v) is 4.14. The number of nitrogens with zero attached hydrogens (tertiary/aromatic N) is 2. The van der Waals surface area contributed by atoms with E-state index in [1.54, 1.807) is 23.1 Å². The summed E-state index contributed by atoms with van der Waals surface area (Å²) in [6.07, 6.45) is 5.23. The van der Waals surface area contributed by atoms with Crippen LogP contribution in [0.1, 0.15) is 10.4 Å². The molecule has 0 spiro atoms. The molecule has 0 aliphatic carbocycles. The average molecular weight is 240 g/mol. The fourth-order valence-corrected chi connectivity index (χ4v) is 1.88. The highest BCUT2D eigenvalue weighted by Gasteiger charge is 2.08. The number of carbonyl (C=O) groups excluding carboxylic acids is 1. The summed E-state index contributed by atoms with van der Waals surface area (Å²) in [5.74, 6) is -0.133. The van der Waals surface area contributed by atoms with E-state index in [-0.39, 0.29) is 5.91 Å². The van der Waals surface area contributed by atoms with Gasteiger partial charge in [0.05, 0.1) is 11.9 Å². The Morgan fingerprint density at radius 3 is 3.06 bits per heavy atom. The van der Waals surface area contributed by atoms with Crippen LogP contribution in [0.4, 0.5) is 5.69 Å². The van der Waals surface area contributed by atoms with E-state index in [9.17, 15) is 4.79 Å². The lowest BCUT2D eigenvalue weighted by Crippen LogP contribution is -2.11. The maximum atomic E-state index is 12.0. The highest BCUT2D eigenvalue weighted by atomic mass is 16.1. The number of nitrogens with one attached hydrogen (secondary N) is 2. The van der Waals surface area contributed by atoms with E-state index in [0.29, 0.717) is 11.3 Å². The number of anilines is 1. The fraction of sp³-hybridized carbons (Fsp3) is 0.0769. The number of H-pyrrole nitrogens is 1. The molecule has 2 heterocycles. The Labute approximate surface area is 103 Å². The number of carbonyl (C=O) groups is 1. The molecule has 0 saturated heterocycles. The standard InChI is InChI=1S/C13H12N4O/c1-17-8-11(7-15-17)16-13(18)10-2-3-12-9(6-10)4-5-14-12/h2-8,14H,1H3,(H,16,18). The van der Waals surface area contributed by atoms with Crippen molar-refractivity contribution in [1.82, 2.24) is 14.8 Å². The lowest BCUT2D eigenvalue weighted by atomic mass is 10.1. The van der Waals surface area contributed by atoms with E-state index in [0.717, 1.165) is 10.9 Å². The minimum Gasteiger partial charge on any atom is -0.361 e. The van der Waals surface area contributed by atoms with Gasteiger partial charge in [-0.1, -0.05) is 0 Å². The normalized spacial score (nSPS) is 10.7. The van der Waals surface area contributed by atoms with E-state index in [1.807, 2.05) is 31.4 Å². The number of aryl methyl sites for hydroxylation is 1. The summed E-state index contributed by atoms with van der Waals surface area (Å²) in [7, 11) is 1.81. The molecule has 2 aromatic heterocycles. The van der Waals surface area contributed by atoms with Gasteiger partial charge in [-0.15, -0.1) is 0 Å². The van der Waals surface area contributed by atoms with Crippen molar-refractivity contribution in [3.8, 4) is 0 Å². The first-order valence-electron chi connectivity index (χ1n) is 5.59. The molecular formula is C13H12N4O. The van der Waals surface area contributed by atoms with Crippen molar-refractivity contribution in [1.29, 1.82) is 0 Å². The quantitative estimate of drug-likeness (QED) is 0.721. The van der Waals surface area contributed by atoms with Gasteiger partial charge < -0.3 is 10.3 Å². The van der Waals surface area contributed by atoms with Gasteiger partial charge in [-0.2, -0.15) is 5.10 Å². The molecule has 0 aliphatic heterocycles. The average Bonchev–Trinajstić information content (AvgIpc) is 2.96. The van der Waals surface area contributed by atoms with E-state index in [1.165, 1.54) is 0 Å². The predicted octanol–water partition coefficient (Wildman–Crippen LogP) is 2.15. The largest absolute Gasteiger partial charge is 0.361 e. The predicted molar refractivity (Wildman–Crippen MR) is 69.5 cm³/mol. The summed E-state index contributed by atoms with van der Waals surface area (Å²) in [6.45, 7) is 0. The van der Waals surface area contributed by atoms with Crippen molar-refractivity contribution in [3.63, 3.8) is 0 Å². The minimum absolute atomic E-state index is 0.133. The van der Waals surface area contributed by atoms with E-state index < -0.39 is 0 Å². The Morgan fingerprint density at radius 1 is 1.39 bits per heavy atom. The molecule has 0 unspecified atom stereocenters. The van der Waals surface area contributed by atoms with Crippen LogP contribution >= 0.6 is 0 Å². The third-order valence-electron chi connectivity index (χ3n) is 2.78. The van der Waals surface area contributed by atoms with Crippen LogP contribution in [0.25, 0.3) is 10.9 Å². The maximum absolute atomic E-state index is 12.0. The summed E-state index contributed by atoms with van der Waals surface area (Å²) in [4.78, 5) is 15.1. The molecule has 0 saturated carbocycles. The van der Waals surface area contributed by atoms with Crippen LogP contribution < -0.4 is 5.32 Å². The number of benzene rings is 1. The molecule has 3 aromatic rings. The highest BCUT2D eigenvalue weighted by molar-refractivity contribution is 6.06. The summed E-state index contributed by atoms with van der Waals surface area (Å²) in [6, 6.07) is 7.49. The van der Waals surface area contributed by atoms with Crippen LogP contribution in [0.15, 0.2) is 42.9 Å². The lowest BCUT2D eigenvalue weighted by molar-refractivity contribution is 0.102. The Bertz CT molecular complexity index is 710. The van der Waals surface area contributed by atoms with Crippen LogP contribution in [0.2, 0.25) is 0 Å². The van der Waals surface area contributed by atoms with Gasteiger partial charge in [-0.25, -0.2) is 0 Å². The first-order valence-corrected chi connectivity index (χ1v) is 5.59. The monoisotopic (exact) mass is 240 g/mol. The summed E-state index contributed by atoms with van der Waals surface area (Å²) in [5, 5.41) is 7.83. The second kappa shape index (κ2) is 4.03. The molecule has 0 radical (unpaired) electrons. The van der Waals surface area contributed by atoms with Gasteiger partial charge in [0.2, 0.25) is 0 Å². The van der Waals surface area contributed by atoms with Crippen molar-refractivity contribution in [3.05, 3.63) is 48.4 Å². The third-order valence-corrected chi connectivity index (χ3v) is 2.78. The molecule has 0 aliphatic rings. The second-order valence-electron chi connectivity index (χ2n) is 4.14. The van der Waals surface area contributed by atoms with Gasteiger partial charge in [0, 0.05) is 35.9 Å². The zero-order chi connectivity index (χ0) is 12.5. The third kappa shape index (κ3) is 1.86. The molecule has 5 heteroatoms. The van der Waals surface area contributed by atoms with Crippen LogP contribution in [0.5, 0.6) is 0 Å². The fourth-order valence-electron chi connectivity index (χ4n) is 1.88. The van der Waals surface area contributed by atoms with Crippen LogP contribution in [0, 0.1) is 0 Å². The number of aromatic nitrogens is 3. The molecule has 2 N–H and O–H groups in total. The highest BCUT2D eigenvalue weighted by Crippen LogP contribution is 2.15. The molecule has 5 nitrogen and oxygen atoms in total.